The van der Waals surface area contributed by atoms with Crippen LogP contribution in [-0.4, -0.2) is 39.6 Å². The Hall–Kier alpha value is -3.19. The molecule has 1 N–H and O–H groups in total. The van der Waals surface area contributed by atoms with Gasteiger partial charge >= 0.3 is 0 Å². The van der Waals surface area contributed by atoms with Gasteiger partial charge in [-0.25, -0.2) is 9.07 Å². The number of benzene rings is 2. The molecule has 1 aromatic heterocycles. The lowest BCUT2D eigenvalue weighted by Crippen LogP contribution is -2.38. The van der Waals surface area contributed by atoms with E-state index in [4.69, 9.17) is 11.6 Å². The van der Waals surface area contributed by atoms with Gasteiger partial charge < -0.3 is 10.2 Å². The van der Waals surface area contributed by atoms with Gasteiger partial charge in [0.2, 0.25) is 5.91 Å². The summed E-state index contributed by atoms with van der Waals surface area (Å²) in [5.41, 5.74) is 1.50. The molecular weight excluding hydrogens is 431 g/mol. The smallest absolute Gasteiger partial charge is 0.254 e. The predicted molar refractivity (Wildman–Crippen MR) is 124 cm³/mol. The number of nitrogens with zero attached hydrogens (tertiary/aromatic N) is 3. The van der Waals surface area contributed by atoms with Crippen LogP contribution in [0.25, 0.3) is 5.69 Å². The van der Waals surface area contributed by atoms with Crippen LogP contribution in [0.1, 0.15) is 43.7 Å². The maximum absolute atomic E-state index is 13.5. The standard InChI is InChI=1S/C24H26ClFN4O2/c1-5-29(23(32)16-7-6-8-18(26)13-16)15-22(31)27-21-14-20(24(2,3)4)28-30(21)19-11-9-17(25)10-12-19/h6-14H,5,15H2,1-4H3,(H,27,31). The first kappa shape index (κ1) is 23.5. The number of nitrogens with one attached hydrogen (secondary N) is 1. The summed E-state index contributed by atoms with van der Waals surface area (Å²) in [5, 5.41) is 8.12. The molecule has 0 fully saturated rings. The lowest BCUT2D eigenvalue weighted by atomic mass is 9.92. The Labute approximate surface area is 192 Å². The fraction of sp³-hybridized carbons (Fsp3) is 0.292. The molecule has 3 rings (SSSR count). The van der Waals surface area contributed by atoms with Gasteiger partial charge in [-0.3, -0.25) is 9.59 Å². The van der Waals surface area contributed by atoms with Gasteiger partial charge in [-0.1, -0.05) is 38.4 Å². The molecule has 0 atom stereocenters. The number of likely N-dealkylation sites (N-methyl/N-ethyl adjacent to an activating group) is 1. The van der Waals surface area contributed by atoms with E-state index in [0.29, 0.717) is 17.4 Å². The zero-order valence-corrected chi connectivity index (χ0v) is 19.3. The molecule has 32 heavy (non-hydrogen) atoms. The van der Waals surface area contributed by atoms with Crippen molar-refractivity contribution in [3.8, 4) is 5.69 Å². The molecule has 0 saturated heterocycles. The second kappa shape index (κ2) is 9.53. The fourth-order valence-electron chi connectivity index (χ4n) is 3.10. The summed E-state index contributed by atoms with van der Waals surface area (Å²) in [6, 6.07) is 14.4. The van der Waals surface area contributed by atoms with Crippen molar-refractivity contribution in [2.24, 2.45) is 0 Å². The second-order valence-corrected chi connectivity index (χ2v) is 8.87. The fourth-order valence-corrected chi connectivity index (χ4v) is 3.23. The highest BCUT2D eigenvalue weighted by atomic mass is 35.5. The third-order valence-corrected chi connectivity index (χ3v) is 5.14. The molecule has 8 heteroatoms. The van der Waals surface area contributed by atoms with Crippen LogP contribution >= 0.6 is 11.6 Å². The van der Waals surface area contributed by atoms with E-state index in [1.54, 1.807) is 23.7 Å². The minimum atomic E-state index is -0.502. The Kier molecular flexibility index (Phi) is 6.99. The largest absolute Gasteiger partial charge is 0.330 e. The summed E-state index contributed by atoms with van der Waals surface area (Å²) >= 11 is 6.00. The van der Waals surface area contributed by atoms with Gasteiger partial charge in [0, 0.05) is 28.6 Å². The van der Waals surface area contributed by atoms with Gasteiger partial charge in [0.15, 0.2) is 0 Å². The molecule has 3 aromatic rings. The molecule has 0 spiro atoms. The average Bonchev–Trinajstić information content (AvgIpc) is 3.16. The predicted octanol–water partition coefficient (Wildman–Crippen LogP) is 5.06. The zero-order chi connectivity index (χ0) is 23.5. The SMILES string of the molecule is CCN(CC(=O)Nc1cc(C(C)(C)C)nn1-c1ccc(Cl)cc1)C(=O)c1cccc(F)c1. The molecule has 6 nitrogen and oxygen atoms in total. The molecular formula is C24H26ClFN4O2. The number of hydrogen-bond acceptors (Lipinski definition) is 3. The van der Waals surface area contributed by atoms with Crippen LogP contribution in [0.15, 0.2) is 54.6 Å². The molecule has 2 aromatic carbocycles. The normalized spacial score (nSPS) is 11.3. The minimum absolute atomic E-state index is 0.178. The second-order valence-electron chi connectivity index (χ2n) is 8.43. The first-order valence-corrected chi connectivity index (χ1v) is 10.7. The summed E-state index contributed by atoms with van der Waals surface area (Å²) in [6.45, 7) is 7.98. The van der Waals surface area contributed by atoms with Crippen molar-refractivity contribution in [2.45, 2.75) is 33.1 Å². The van der Waals surface area contributed by atoms with Crippen LogP contribution in [0.4, 0.5) is 10.2 Å². The van der Waals surface area contributed by atoms with Gasteiger partial charge in [0.05, 0.1) is 11.4 Å². The lowest BCUT2D eigenvalue weighted by Gasteiger charge is -2.20. The quantitative estimate of drug-likeness (QED) is 0.563. The monoisotopic (exact) mass is 456 g/mol. The van der Waals surface area contributed by atoms with Crippen LogP contribution < -0.4 is 5.32 Å². The van der Waals surface area contributed by atoms with E-state index >= 15 is 0 Å². The Balaban J connectivity index is 1.83. The number of carbonyl (C=O) groups excluding carboxylic acids is 2. The van der Waals surface area contributed by atoms with Crippen molar-refractivity contribution < 1.29 is 14.0 Å². The zero-order valence-electron chi connectivity index (χ0n) is 18.5. The number of hydrogen-bond donors (Lipinski definition) is 1. The van der Waals surface area contributed by atoms with Crippen molar-refractivity contribution in [3.63, 3.8) is 0 Å². The summed E-state index contributed by atoms with van der Waals surface area (Å²) in [5.74, 6) is -0.814. The Morgan fingerprint density at radius 3 is 2.41 bits per heavy atom. The summed E-state index contributed by atoms with van der Waals surface area (Å²) in [4.78, 5) is 26.9. The van der Waals surface area contributed by atoms with Crippen LogP contribution in [0.3, 0.4) is 0 Å². The molecule has 0 aliphatic heterocycles. The van der Waals surface area contributed by atoms with Gasteiger partial charge in [0.25, 0.3) is 5.91 Å². The first-order valence-electron chi connectivity index (χ1n) is 10.3. The lowest BCUT2D eigenvalue weighted by molar-refractivity contribution is -0.116. The Bertz CT molecular complexity index is 1120. The topological polar surface area (TPSA) is 67.2 Å². The number of aromatic nitrogens is 2. The highest BCUT2D eigenvalue weighted by molar-refractivity contribution is 6.30. The third kappa shape index (κ3) is 5.53. The molecule has 0 unspecified atom stereocenters. The van der Waals surface area contributed by atoms with E-state index in [1.165, 1.54) is 23.1 Å². The molecule has 168 valence electrons. The summed E-state index contributed by atoms with van der Waals surface area (Å²) in [6.07, 6.45) is 0. The molecule has 0 bridgehead atoms. The van der Waals surface area contributed by atoms with Crippen LogP contribution in [-0.2, 0) is 10.2 Å². The maximum Gasteiger partial charge on any atom is 0.254 e. The van der Waals surface area contributed by atoms with Gasteiger partial charge in [0.1, 0.15) is 18.2 Å². The van der Waals surface area contributed by atoms with Crippen LogP contribution in [0.5, 0.6) is 0 Å². The van der Waals surface area contributed by atoms with E-state index < -0.39 is 11.7 Å². The number of amides is 2. The molecule has 2 amide bonds. The third-order valence-electron chi connectivity index (χ3n) is 4.89. The maximum atomic E-state index is 13.5. The van der Waals surface area contributed by atoms with Crippen molar-refractivity contribution in [3.05, 3.63) is 76.7 Å². The van der Waals surface area contributed by atoms with E-state index in [9.17, 15) is 14.0 Å². The Morgan fingerprint density at radius 1 is 1.12 bits per heavy atom. The molecule has 0 saturated carbocycles. The van der Waals surface area contributed by atoms with Gasteiger partial charge in [-0.15, -0.1) is 0 Å². The number of anilines is 1. The van der Waals surface area contributed by atoms with Crippen molar-refractivity contribution in [1.82, 2.24) is 14.7 Å². The molecule has 0 aliphatic rings. The van der Waals surface area contributed by atoms with Crippen molar-refractivity contribution in [1.29, 1.82) is 0 Å². The molecule has 0 aliphatic carbocycles. The van der Waals surface area contributed by atoms with E-state index in [0.717, 1.165) is 17.4 Å². The van der Waals surface area contributed by atoms with Crippen molar-refractivity contribution in [2.75, 3.05) is 18.4 Å². The van der Waals surface area contributed by atoms with Crippen molar-refractivity contribution >= 4 is 29.2 Å². The first-order chi connectivity index (χ1) is 15.1. The number of carbonyl (C=O) groups is 2. The summed E-state index contributed by atoms with van der Waals surface area (Å²) < 4.78 is 15.1. The summed E-state index contributed by atoms with van der Waals surface area (Å²) in [7, 11) is 0. The minimum Gasteiger partial charge on any atom is -0.330 e. The number of halogens is 2. The number of rotatable bonds is 6. The highest BCUT2D eigenvalue weighted by Gasteiger charge is 2.23. The van der Waals surface area contributed by atoms with E-state index in [-0.39, 0.29) is 23.4 Å². The van der Waals surface area contributed by atoms with E-state index in [2.05, 4.69) is 10.4 Å². The average molecular weight is 457 g/mol. The molecule has 1 heterocycles. The van der Waals surface area contributed by atoms with E-state index in [1.807, 2.05) is 39.0 Å². The Morgan fingerprint density at radius 2 is 1.81 bits per heavy atom. The van der Waals surface area contributed by atoms with Gasteiger partial charge in [-0.2, -0.15) is 5.10 Å². The van der Waals surface area contributed by atoms with Crippen LogP contribution in [0, 0.1) is 5.82 Å². The molecule has 0 radical (unpaired) electrons. The highest BCUT2D eigenvalue weighted by Crippen LogP contribution is 2.27. The van der Waals surface area contributed by atoms with Crippen LogP contribution in [0.2, 0.25) is 5.02 Å². The van der Waals surface area contributed by atoms with Gasteiger partial charge in [-0.05, 0) is 49.4 Å².